The van der Waals surface area contributed by atoms with Gasteiger partial charge in [0.1, 0.15) is 0 Å². The molecule has 5 heteroatoms. The third-order valence-corrected chi connectivity index (χ3v) is 3.99. The summed E-state index contributed by atoms with van der Waals surface area (Å²) in [6.07, 6.45) is 5.16. The van der Waals surface area contributed by atoms with Gasteiger partial charge in [0.15, 0.2) is 0 Å². The van der Waals surface area contributed by atoms with Gasteiger partial charge in [-0.05, 0) is 25.7 Å². The summed E-state index contributed by atoms with van der Waals surface area (Å²) in [6.45, 7) is 1.64. The summed E-state index contributed by atoms with van der Waals surface area (Å²) in [4.78, 5) is 0. The summed E-state index contributed by atoms with van der Waals surface area (Å²) < 4.78 is 33.6. The molecule has 1 rings (SSSR count). The van der Waals surface area contributed by atoms with Crippen LogP contribution in [0.5, 0.6) is 0 Å². The highest BCUT2D eigenvalue weighted by Gasteiger charge is 2.35. The molecule has 1 aliphatic rings. The smallest absolute Gasteiger partial charge is 0.304 e. The average molecular weight is 223 g/mol. The second-order valence-corrected chi connectivity index (χ2v) is 5.89. The van der Waals surface area contributed by atoms with E-state index < -0.39 is 21.5 Å². The molecule has 0 saturated heterocycles. The van der Waals surface area contributed by atoms with E-state index in [0.29, 0.717) is 0 Å². The van der Waals surface area contributed by atoms with Gasteiger partial charge in [0.2, 0.25) is 0 Å². The van der Waals surface area contributed by atoms with Gasteiger partial charge >= 0.3 is 10.2 Å². The van der Waals surface area contributed by atoms with Crippen molar-refractivity contribution in [2.24, 2.45) is 11.7 Å². The highest BCUT2D eigenvalue weighted by molar-refractivity contribution is 7.86. The van der Waals surface area contributed by atoms with Crippen LogP contribution >= 0.6 is 0 Å². The summed E-state index contributed by atoms with van der Waals surface area (Å²) in [5, 5.41) is 0. The molecule has 0 bridgehead atoms. The third-order valence-electron chi connectivity index (χ3n) is 3.02. The summed E-state index contributed by atoms with van der Waals surface area (Å²) in [7, 11) is -4.46. The van der Waals surface area contributed by atoms with Crippen LogP contribution in [-0.2, 0) is 10.2 Å². The normalized spacial score (nSPS) is 24.5. The first-order chi connectivity index (χ1) is 6.31. The van der Waals surface area contributed by atoms with E-state index in [1.165, 1.54) is 6.42 Å². The predicted molar refractivity (Wildman–Crippen MR) is 54.1 cm³/mol. The molecular weight excluding hydrogens is 205 g/mol. The number of nitrogens with two attached hydrogens (primary N) is 1. The Hall–Kier alpha value is -0.160. The molecule has 1 fully saturated rings. The largest absolute Gasteiger partial charge is 0.324 e. The molecule has 0 aromatic carbocycles. The lowest BCUT2D eigenvalue weighted by atomic mass is 9.77. The van der Waals surface area contributed by atoms with Crippen LogP contribution in [0.4, 0.5) is 3.89 Å². The van der Waals surface area contributed by atoms with Gasteiger partial charge in [-0.25, -0.2) is 0 Å². The maximum absolute atomic E-state index is 12.5. The van der Waals surface area contributed by atoms with E-state index in [0.717, 1.165) is 25.7 Å². The molecular formula is C9H18FNO2S. The molecule has 0 radical (unpaired) electrons. The van der Waals surface area contributed by atoms with Gasteiger partial charge in [-0.1, -0.05) is 19.3 Å². The van der Waals surface area contributed by atoms with Crippen LogP contribution < -0.4 is 5.73 Å². The molecule has 0 aromatic heterocycles. The molecule has 0 heterocycles. The number of rotatable bonds is 3. The SMILES string of the molecule is CC(N)(CS(=O)(=O)F)C1CCCCC1. The zero-order valence-electron chi connectivity index (χ0n) is 8.50. The Labute approximate surface area is 85.1 Å². The van der Waals surface area contributed by atoms with Crippen LogP contribution in [0.2, 0.25) is 0 Å². The quantitative estimate of drug-likeness (QED) is 0.739. The summed E-state index contributed by atoms with van der Waals surface area (Å²) >= 11 is 0. The first kappa shape index (κ1) is 11.9. The van der Waals surface area contributed by atoms with Crippen molar-refractivity contribution in [3.8, 4) is 0 Å². The van der Waals surface area contributed by atoms with Gasteiger partial charge in [0.05, 0.1) is 5.75 Å². The number of hydrogen-bond acceptors (Lipinski definition) is 3. The van der Waals surface area contributed by atoms with Crippen LogP contribution in [0.15, 0.2) is 0 Å². The molecule has 0 aliphatic heterocycles. The third kappa shape index (κ3) is 3.53. The van der Waals surface area contributed by atoms with E-state index in [2.05, 4.69) is 0 Å². The Morgan fingerprint density at radius 1 is 1.36 bits per heavy atom. The van der Waals surface area contributed by atoms with Crippen molar-refractivity contribution in [3.63, 3.8) is 0 Å². The maximum atomic E-state index is 12.5. The zero-order chi connectivity index (χ0) is 10.8. The zero-order valence-corrected chi connectivity index (χ0v) is 9.32. The highest BCUT2D eigenvalue weighted by atomic mass is 32.3. The molecule has 1 atom stereocenters. The first-order valence-corrected chi connectivity index (χ1v) is 6.58. The van der Waals surface area contributed by atoms with E-state index in [9.17, 15) is 12.3 Å². The molecule has 1 saturated carbocycles. The van der Waals surface area contributed by atoms with Crippen LogP contribution in [0, 0.1) is 5.92 Å². The molecule has 3 nitrogen and oxygen atoms in total. The summed E-state index contributed by atoms with van der Waals surface area (Å²) in [6, 6.07) is 0. The van der Waals surface area contributed by atoms with Crippen LogP contribution in [-0.4, -0.2) is 19.7 Å². The minimum absolute atomic E-state index is 0.141. The van der Waals surface area contributed by atoms with E-state index >= 15 is 0 Å². The fraction of sp³-hybridized carbons (Fsp3) is 1.00. The van der Waals surface area contributed by atoms with Crippen molar-refractivity contribution in [2.75, 3.05) is 5.75 Å². The van der Waals surface area contributed by atoms with E-state index in [-0.39, 0.29) is 5.92 Å². The fourth-order valence-electron chi connectivity index (χ4n) is 2.25. The lowest BCUT2D eigenvalue weighted by Crippen LogP contribution is -2.49. The van der Waals surface area contributed by atoms with Gasteiger partial charge in [-0.2, -0.15) is 8.42 Å². The number of hydrogen-bond donors (Lipinski definition) is 1. The van der Waals surface area contributed by atoms with Crippen molar-refractivity contribution >= 4 is 10.2 Å². The van der Waals surface area contributed by atoms with Gasteiger partial charge in [-0.3, -0.25) is 0 Å². The minimum atomic E-state index is -4.46. The Morgan fingerprint density at radius 3 is 2.29 bits per heavy atom. The van der Waals surface area contributed by atoms with E-state index in [1.807, 2.05) is 0 Å². The molecule has 0 spiro atoms. The van der Waals surface area contributed by atoms with Crippen LogP contribution in [0.3, 0.4) is 0 Å². The van der Waals surface area contributed by atoms with Gasteiger partial charge in [0.25, 0.3) is 0 Å². The molecule has 1 unspecified atom stereocenters. The average Bonchev–Trinajstić information content (AvgIpc) is 2.01. The Bertz CT molecular complexity index is 281. The van der Waals surface area contributed by atoms with E-state index in [1.54, 1.807) is 6.92 Å². The summed E-state index contributed by atoms with van der Waals surface area (Å²) in [5.74, 6) is -0.410. The second-order valence-electron chi connectivity index (χ2n) is 4.52. The molecule has 2 N–H and O–H groups in total. The molecule has 84 valence electrons. The van der Waals surface area contributed by atoms with Gasteiger partial charge in [0, 0.05) is 5.54 Å². The molecule has 1 aliphatic carbocycles. The molecule has 0 aromatic rings. The molecule has 14 heavy (non-hydrogen) atoms. The minimum Gasteiger partial charge on any atom is -0.324 e. The predicted octanol–water partition coefficient (Wildman–Crippen LogP) is 1.58. The molecule has 0 amide bonds. The Morgan fingerprint density at radius 2 is 1.86 bits per heavy atom. The highest BCUT2D eigenvalue weighted by Crippen LogP contribution is 2.32. The second kappa shape index (κ2) is 4.14. The van der Waals surface area contributed by atoms with Crippen molar-refractivity contribution in [1.82, 2.24) is 0 Å². The van der Waals surface area contributed by atoms with Crippen LogP contribution in [0.1, 0.15) is 39.0 Å². The number of halogens is 1. The standard InChI is InChI=1S/C9H18FNO2S/c1-9(11,7-14(10,12)13)8-5-3-2-4-6-8/h8H,2-7,11H2,1H3. The van der Waals surface area contributed by atoms with E-state index in [4.69, 9.17) is 5.73 Å². The Kier molecular flexibility index (Phi) is 3.53. The fourth-order valence-corrected chi connectivity index (χ4v) is 3.23. The van der Waals surface area contributed by atoms with Crippen molar-refractivity contribution in [3.05, 3.63) is 0 Å². The topological polar surface area (TPSA) is 60.2 Å². The lowest BCUT2D eigenvalue weighted by molar-refractivity contribution is 0.240. The van der Waals surface area contributed by atoms with Gasteiger partial charge in [-0.15, -0.1) is 3.89 Å². The van der Waals surface area contributed by atoms with Gasteiger partial charge < -0.3 is 5.73 Å². The van der Waals surface area contributed by atoms with Crippen LogP contribution in [0.25, 0.3) is 0 Å². The monoisotopic (exact) mass is 223 g/mol. The maximum Gasteiger partial charge on any atom is 0.304 e. The lowest BCUT2D eigenvalue weighted by Gasteiger charge is -2.35. The first-order valence-electron chi connectivity index (χ1n) is 5.02. The summed E-state index contributed by atoms with van der Waals surface area (Å²) in [5.41, 5.74) is 4.95. The Balaban J connectivity index is 2.63. The van der Waals surface area contributed by atoms with Crippen molar-refractivity contribution in [1.29, 1.82) is 0 Å². The van der Waals surface area contributed by atoms with Crippen molar-refractivity contribution in [2.45, 2.75) is 44.6 Å². The van der Waals surface area contributed by atoms with Crippen molar-refractivity contribution < 1.29 is 12.3 Å².